The molecule has 1 aliphatic heterocycles. The minimum Gasteiger partial charge on any atom is -0.351 e. The number of thiophene rings is 1. The minimum absolute atomic E-state index is 0.0204. The van der Waals surface area contributed by atoms with Crippen molar-refractivity contribution >= 4 is 38.0 Å². The zero-order chi connectivity index (χ0) is 21.0. The predicted molar refractivity (Wildman–Crippen MR) is 112 cm³/mol. The van der Waals surface area contributed by atoms with E-state index in [1.54, 1.807) is 4.90 Å². The van der Waals surface area contributed by atoms with Gasteiger partial charge in [0.2, 0.25) is 11.8 Å². The standard InChI is InChI=1S/C19H26N4O4S2/c1-2-23(10-17(24)21-13-7-8-29(26,27)12-13)11-18(25)22-19-15(9-20)14-5-3-4-6-16(14)28-19/h13H,2-8,10-12H2,1H3,(H,21,24)(H,22,25)/t13-/m0/s1. The normalized spacial score (nSPS) is 20.1. The molecule has 10 heteroatoms. The van der Waals surface area contributed by atoms with Crippen molar-refractivity contribution in [3.8, 4) is 6.07 Å². The molecule has 0 spiro atoms. The van der Waals surface area contributed by atoms with Crippen LogP contribution in [0.25, 0.3) is 0 Å². The van der Waals surface area contributed by atoms with E-state index in [-0.39, 0.29) is 42.5 Å². The molecule has 3 rings (SSSR count). The van der Waals surface area contributed by atoms with Gasteiger partial charge in [-0.2, -0.15) is 5.26 Å². The second kappa shape index (κ2) is 9.24. The van der Waals surface area contributed by atoms with Gasteiger partial charge in [0.1, 0.15) is 11.1 Å². The van der Waals surface area contributed by atoms with Crippen molar-refractivity contribution in [2.75, 3.05) is 36.5 Å². The zero-order valence-corrected chi connectivity index (χ0v) is 18.1. The summed E-state index contributed by atoms with van der Waals surface area (Å²) in [6.07, 6.45) is 4.42. The highest BCUT2D eigenvalue weighted by Gasteiger charge is 2.29. The highest BCUT2D eigenvalue weighted by Crippen LogP contribution is 2.37. The SMILES string of the molecule is CCN(CC(=O)Nc1sc2c(c1C#N)CCCC2)CC(=O)N[C@H]1CCS(=O)(=O)C1. The molecule has 0 unspecified atom stereocenters. The number of amides is 2. The van der Waals surface area contributed by atoms with Crippen molar-refractivity contribution in [1.29, 1.82) is 5.26 Å². The molecule has 1 aromatic heterocycles. The predicted octanol–water partition coefficient (Wildman–Crippen LogP) is 1.06. The third kappa shape index (κ3) is 5.56. The second-order valence-corrected chi connectivity index (χ2v) is 10.9. The average molecular weight is 439 g/mol. The zero-order valence-electron chi connectivity index (χ0n) is 16.5. The van der Waals surface area contributed by atoms with Gasteiger partial charge in [-0.15, -0.1) is 11.3 Å². The first-order chi connectivity index (χ1) is 13.8. The Morgan fingerprint density at radius 3 is 2.62 bits per heavy atom. The Morgan fingerprint density at radius 2 is 1.97 bits per heavy atom. The van der Waals surface area contributed by atoms with Gasteiger partial charge < -0.3 is 10.6 Å². The van der Waals surface area contributed by atoms with Crippen LogP contribution in [0.3, 0.4) is 0 Å². The Balaban J connectivity index is 1.54. The van der Waals surface area contributed by atoms with Gasteiger partial charge in [0.25, 0.3) is 0 Å². The van der Waals surface area contributed by atoms with Gasteiger partial charge in [-0.3, -0.25) is 14.5 Å². The van der Waals surface area contributed by atoms with Gasteiger partial charge >= 0.3 is 0 Å². The monoisotopic (exact) mass is 438 g/mol. The molecule has 29 heavy (non-hydrogen) atoms. The topological polar surface area (TPSA) is 119 Å². The van der Waals surface area contributed by atoms with E-state index in [1.165, 1.54) is 16.2 Å². The number of nitriles is 1. The molecule has 0 radical (unpaired) electrons. The number of hydrogen-bond donors (Lipinski definition) is 2. The molecular weight excluding hydrogens is 412 g/mol. The first kappa shape index (κ1) is 21.7. The van der Waals surface area contributed by atoms with Crippen molar-refractivity contribution in [2.45, 2.75) is 45.1 Å². The summed E-state index contributed by atoms with van der Waals surface area (Å²) in [6.45, 7) is 2.40. The molecule has 2 amide bonds. The Kier molecular flexibility index (Phi) is 6.93. The molecule has 2 N–H and O–H groups in total. The van der Waals surface area contributed by atoms with Crippen LogP contribution in [0.15, 0.2) is 0 Å². The van der Waals surface area contributed by atoms with Crippen molar-refractivity contribution < 1.29 is 18.0 Å². The molecular formula is C19H26N4O4S2. The van der Waals surface area contributed by atoms with Gasteiger partial charge in [0.05, 0.1) is 30.2 Å². The van der Waals surface area contributed by atoms with Crippen LogP contribution in [0, 0.1) is 11.3 Å². The lowest BCUT2D eigenvalue weighted by atomic mass is 9.96. The Bertz CT molecular complexity index is 933. The second-order valence-electron chi connectivity index (χ2n) is 7.55. The van der Waals surface area contributed by atoms with Crippen LogP contribution in [-0.4, -0.2) is 62.3 Å². The maximum absolute atomic E-state index is 12.5. The highest BCUT2D eigenvalue weighted by molar-refractivity contribution is 7.91. The molecule has 1 saturated heterocycles. The van der Waals surface area contributed by atoms with Crippen molar-refractivity contribution in [3.63, 3.8) is 0 Å². The van der Waals surface area contributed by atoms with E-state index < -0.39 is 9.84 Å². The number of hydrogen-bond acceptors (Lipinski definition) is 7. The Labute approximate surface area is 175 Å². The first-order valence-electron chi connectivity index (χ1n) is 9.88. The van der Waals surface area contributed by atoms with Gasteiger partial charge in [-0.05, 0) is 44.2 Å². The van der Waals surface area contributed by atoms with Gasteiger partial charge in [-0.25, -0.2) is 8.42 Å². The fourth-order valence-corrected chi connectivity index (χ4v) is 6.74. The summed E-state index contributed by atoms with van der Waals surface area (Å²) in [6, 6.07) is 1.87. The number of rotatable bonds is 7. The maximum atomic E-state index is 12.5. The van der Waals surface area contributed by atoms with Crippen molar-refractivity contribution in [1.82, 2.24) is 10.2 Å². The number of anilines is 1. The van der Waals surface area contributed by atoms with Crippen LogP contribution in [0.2, 0.25) is 0 Å². The molecule has 1 atom stereocenters. The number of aryl methyl sites for hydroxylation is 1. The minimum atomic E-state index is -3.05. The summed E-state index contributed by atoms with van der Waals surface area (Å²) < 4.78 is 23.0. The number of nitrogens with zero attached hydrogens (tertiary/aromatic N) is 2. The van der Waals surface area contributed by atoms with E-state index in [2.05, 4.69) is 16.7 Å². The molecule has 0 aromatic carbocycles. The van der Waals surface area contributed by atoms with Crippen LogP contribution in [0.1, 0.15) is 42.2 Å². The van der Waals surface area contributed by atoms with Crippen LogP contribution in [0.5, 0.6) is 0 Å². The molecule has 2 heterocycles. The number of sulfone groups is 1. The number of likely N-dealkylation sites (N-methyl/N-ethyl adjacent to an activating group) is 1. The quantitative estimate of drug-likeness (QED) is 0.657. The van der Waals surface area contributed by atoms with Crippen LogP contribution < -0.4 is 10.6 Å². The molecule has 1 aromatic rings. The van der Waals surface area contributed by atoms with Crippen molar-refractivity contribution in [2.24, 2.45) is 0 Å². The number of carbonyl (C=O) groups is 2. The summed E-state index contributed by atoms with van der Waals surface area (Å²) in [5.41, 5.74) is 1.64. The molecule has 1 aliphatic carbocycles. The van der Waals surface area contributed by atoms with Gasteiger partial charge in [0, 0.05) is 10.9 Å². The van der Waals surface area contributed by atoms with Crippen LogP contribution in [0.4, 0.5) is 5.00 Å². The summed E-state index contributed by atoms with van der Waals surface area (Å²) >= 11 is 1.48. The fourth-order valence-electron chi connectivity index (χ4n) is 3.81. The highest BCUT2D eigenvalue weighted by atomic mass is 32.2. The molecule has 0 saturated carbocycles. The number of carbonyl (C=O) groups excluding carboxylic acids is 2. The fraction of sp³-hybridized carbons (Fsp3) is 0.632. The number of fused-ring (bicyclic) bond motifs is 1. The molecule has 0 bridgehead atoms. The van der Waals surface area contributed by atoms with E-state index >= 15 is 0 Å². The van der Waals surface area contributed by atoms with Crippen LogP contribution >= 0.6 is 11.3 Å². The molecule has 1 fully saturated rings. The molecule has 8 nitrogen and oxygen atoms in total. The summed E-state index contributed by atoms with van der Waals surface area (Å²) in [5, 5.41) is 15.7. The maximum Gasteiger partial charge on any atom is 0.239 e. The summed E-state index contributed by atoms with van der Waals surface area (Å²) in [4.78, 5) is 27.6. The van der Waals surface area contributed by atoms with E-state index in [1.807, 2.05) is 6.92 Å². The molecule has 2 aliphatic rings. The molecule has 158 valence electrons. The largest absolute Gasteiger partial charge is 0.351 e. The lowest BCUT2D eigenvalue weighted by Gasteiger charge is -2.20. The van der Waals surface area contributed by atoms with Crippen molar-refractivity contribution in [3.05, 3.63) is 16.0 Å². The van der Waals surface area contributed by atoms with Gasteiger partial charge in [-0.1, -0.05) is 6.92 Å². The van der Waals surface area contributed by atoms with Crippen LogP contribution in [-0.2, 0) is 32.3 Å². The average Bonchev–Trinajstić information content (AvgIpc) is 3.19. The lowest BCUT2D eigenvalue weighted by Crippen LogP contribution is -2.44. The van der Waals surface area contributed by atoms with E-state index in [0.29, 0.717) is 23.5 Å². The van der Waals surface area contributed by atoms with E-state index in [4.69, 9.17) is 0 Å². The Hall–Kier alpha value is -1.96. The van der Waals surface area contributed by atoms with E-state index in [9.17, 15) is 23.3 Å². The summed E-state index contributed by atoms with van der Waals surface area (Å²) in [5.74, 6) is -0.473. The first-order valence-corrected chi connectivity index (χ1v) is 12.5. The third-order valence-electron chi connectivity index (χ3n) is 5.32. The smallest absolute Gasteiger partial charge is 0.239 e. The van der Waals surface area contributed by atoms with E-state index in [0.717, 1.165) is 31.2 Å². The summed E-state index contributed by atoms with van der Waals surface area (Å²) in [7, 11) is -3.05. The Morgan fingerprint density at radius 1 is 1.24 bits per heavy atom. The lowest BCUT2D eigenvalue weighted by molar-refractivity contribution is -0.123. The van der Waals surface area contributed by atoms with Gasteiger partial charge in [0.15, 0.2) is 9.84 Å². The third-order valence-corrected chi connectivity index (χ3v) is 8.29. The number of nitrogens with one attached hydrogen (secondary N) is 2.